The highest BCUT2D eigenvalue weighted by Crippen LogP contribution is 2.24. The van der Waals surface area contributed by atoms with Crippen molar-refractivity contribution in [3.05, 3.63) is 47.7 Å². The van der Waals surface area contributed by atoms with Crippen LogP contribution in [0, 0.1) is 13.8 Å². The van der Waals surface area contributed by atoms with Gasteiger partial charge in [0.15, 0.2) is 0 Å². The number of aryl methyl sites for hydroxylation is 2. The Labute approximate surface area is 84.2 Å². The molecule has 0 radical (unpaired) electrons. The number of rotatable bonds is 2. The van der Waals surface area contributed by atoms with Crippen LogP contribution in [0.2, 0.25) is 0 Å². The van der Waals surface area contributed by atoms with Crippen LogP contribution in [0.15, 0.2) is 35.0 Å². The summed E-state index contributed by atoms with van der Waals surface area (Å²) in [7, 11) is 0. The van der Waals surface area contributed by atoms with Gasteiger partial charge in [0.2, 0.25) is 0 Å². The fourth-order valence-electron chi connectivity index (χ4n) is 1.83. The second kappa shape index (κ2) is 3.37. The van der Waals surface area contributed by atoms with Gasteiger partial charge in [0, 0.05) is 18.0 Å². The van der Waals surface area contributed by atoms with Crippen LogP contribution < -0.4 is 0 Å². The molecule has 2 nitrogen and oxygen atoms in total. The van der Waals surface area contributed by atoms with E-state index in [2.05, 4.69) is 30.0 Å². The summed E-state index contributed by atoms with van der Waals surface area (Å²) in [4.78, 5) is 0. The van der Waals surface area contributed by atoms with E-state index >= 15 is 0 Å². The highest BCUT2D eigenvalue weighted by molar-refractivity contribution is 5.24. The van der Waals surface area contributed by atoms with Crippen molar-refractivity contribution in [3.63, 3.8) is 0 Å². The second-order valence-corrected chi connectivity index (χ2v) is 3.67. The van der Waals surface area contributed by atoms with Crippen LogP contribution >= 0.6 is 0 Å². The van der Waals surface area contributed by atoms with E-state index in [4.69, 9.17) is 4.42 Å². The zero-order chi connectivity index (χ0) is 10.1. The molecule has 2 aromatic heterocycles. The van der Waals surface area contributed by atoms with Crippen LogP contribution in [0.1, 0.15) is 30.0 Å². The van der Waals surface area contributed by atoms with Gasteiger partial charge in [-0.05, 0) is 39.0 Å². The monoisotopic (exact) mass is 189 g/mol. The summed E-state index contributed by atoms with van der Waals surface area (Å²) >= 11 is 0. The first-order chi connectivity index (χ1) is 6.68. The van der Waals surface area contributed by atoms with Crippen LogP contribution in [-0.4, -0.2) is 4.57 Å². The Balaban J connectivity index is 2.36. The number of furan rings is 1. The molecule has 0 amide bonds. The summed E-state index contributed by atoms with van der Waals surface area (Å²) in [5.74, 6) is 2.00. The van der Waals surface area contributed by atoms with Crippen molar-refractivity contribution in [2.45, 2.75) is 26.8 Å². The van der Waals surface area contributed by atoms with E-state index in [9.17, 15) is 0 Å². The molecule has 0 aromatic carbocycles. The van der Waals surface area contributed by atoms with E-state index in [1.54, 1.807) is 0 Å². The van der Waals surface area contributed by atoms with E-state index in [1.807, 2.05) is 26.0 Å². The summed E-state index contributed by atoms with van der Waals surface area (Å²) in [6.07, 6.45) is 4.15. The van der Waals surface area contributed by atoms with Gasteiger partial charge in [0.25, 0.3) is 0 Å². The van der Waals surface area contributed by atoms with E-state index in [-0.39, 0.29) is 0 Å². The van der Waals surface area contributed by atoms with Gasteiger partial charge in [-0.2, -0.15) is 0 Å². The number of aromatic nitrogens is 1. The molecule has 0 aliphatic heterocycles. The smallest absolute Gasteiger partial charge is 0.106 e. The number of hydrogen-bond donors (Lipinski definition) is 0. The SMILES string of the molecule is Cc1cc(C(C)n2cccc2)c(C)o1. The molecule has 1 atom stereocenters. The third kappa shape index (κ3) is 1.48. The highest BCUT2D eigenvalue weighted by atomic mass is 16.3. The summed E-state index contributed by atoms with van der Waals surface area (Å²) in [5.41, 5.74) is 1.26. The normalized spacial score (nSPS) is 13.1. The van der Waals surface area contributed by atoms with Gasteiger partial charge in [-0.3, -0.25) is 0 Å². The molecule has 0 aliphatic carbocycles. The quantitative estimate of drug-likeness (QED) is 0.708. The van der Waals surface area contributed by atoms with E-state index < -0.39 is 0 Å². The van der Waals surface area contributed by atoms with Gasteiger partial charge in [0.1, 0.15) is 11.5 Å². The van der Waals surface area contributed by atoms with Crippen molar-refractivity contribution in [1.82, 2.24) is 4.57 Å². The molecule has 2 rings (SSSR count). The van der Waals surface area contributed by atoms with Crippen LogP contribution in [0.25, 0.3) is 0 Å². The lowest BCUT2D eigenvalue weighted by Gasteiger charge is -2.12. The lowest BCUT2D eigenvalue weighted by Crippen LogP contribution is -2.03. The van der Waals surface area contributed by atoms with Crippen LogP contribution in [0.5, 0.6) is 0 Å². The zero-order valence-corrected chi connectivity index (χ0v) is 8.82. The largest absolute Gasteiger partial charge is 0.466 e. The van der Waals surface area contributed by atoms with E-state index in [0.29, 0.717) is 6.04 Å². The summed E-state index contributed by atoms with van der Waals surface area (Å²) in [6, 6.07) is 6.54. The van der Waals surface area contributed by atoms with Gasteiger partial charge >= 0.3 is 0 Å². The molecule has 0 aliphatic rings. The van der Waals surface area contributed by atoms with Crippen molar-refractivity contribution in [2.75, 3.05) is 0 Å². The lowest BCUT2D eigenvalue weighted by atomic mass is 10.1. The van der Waals surface area contributed by atoms with Gasteiger partial charge in [-0.1, -0.05) is 0 Å². The Morgan fingerprint density at radius 1 is 1.21 bits per heavy atom. The average Bonchev–Trinajstić information content (AvgIpc) is 2.73. The number of nitrogens with zero attached hydrogens (tertiary/aromatic N) is 1. The molecule has 0 saturated heterocycles. The molecule has 0 spiro atoms. The highest BCUT2D eigenvalue weighted by Gasteiger charge is 2.12. The Morgan fingerprint density at radius 2 is 1.86 bits per heavy atom. The Hall–Kier alpha value is -1.44. The Bertz CT molecular complexity index is 411. The maximum absolute atomic E-state index is 5.52. The average molecular weight is 189 g/mol. The molecule has 14 heavy (non-hydrogen) atoms. The molecular weight excluding hydrogens is 174 g/mol. The van der Waals surface area contributed by atoms with E-state index in [0.717, 1.165) is 11.5 Å². The second-order valence-electron chi connectivity index (χ2n) is 3.67. The van der Waals surface area contributed by atoms with Gasteiger partial charge in [-0.25, -0.2) is 0 Å². The summed E-state index contributed by atoms with van der Waals surface area (Å²) in [5, 5.41) is 0. The van der Waals surface area contributed by atoms with Gasteiger partial charge in [-0.15, -0.1) is 0 Å². The maximum atomic E-state index is 5.52. The Morgan fingerprint density at radius 3 is 2.36 bits per heavy atom. The molecule has 0 saturated carbocycles. The first-order valence-corrected chi connectivity index (χ1v) is 4.88. The van der Waals surface area contributed by atoms with E-state index in [1.165, 1.54) is 5.56 Å². The number of hydrogen-bond acceptors (Lipinski definition) is 1. The van der Waals surface area contributed by atoms with Crippen LogP contribution in [0.3, 0.4) is 0 Å². The standard InChI is InChI=1S/C12H15NO/c1-9-8-12(11(3)14-9)10(2)13-6-4-5-7-13/h4-8,10H,1-3H3. The lowest BCUT2D eigenvalue weighted by molar-refractivity contribution is 0.494. The molecule has 0 bridgehead atoms. The van der Waals surface area contributed by atoms with Crippen molar-refractivity contribution >= 4 is 0 Å². The predicted octanol–water partition coefficient (Wildman–Crippen LogP) is 3.31. The molecule has 2 heterocycles. The first kappa shape index (κ1) is 9.13. The third-order valence-corrected chi connectivity index (χ3v) is 2.60. The van der Waals surface area contributed by atoms with Crippen molar-refractivity contribution in [1.29, 1.82) is 0 Å². The minimum Gasteiger partial charge on any atom is -0.466 e. The molecule has 0 N–H and O–H groups in total. The predicted molar refractivity (Wildman–Crippen MR) is 56.4 cm³/mol. The molecular formula is C12H15NO. The van der Waals surface area contributed by atoms with Crippen LogP contribution in [-0.2, 0) is 0 Å². The fourth-order valence-corrected chi connectivity index (χ4v) is 1.83. The molecule has 74 valence electrons. The Kier molecular flexibility index (Phi) is 2.20. The van der Waals surface area contributed by atoms with Gasteiger partial charge in [0.05, 0.1) is 6.04 Å². The van der Waals surface area contributed by atoms with Crippen molar-refractivity contribution in [2.24, 2.45) is 0 Å². The maximum Gasteiger partial charge on any atom is 0.106 e. The minimum atomic E-state index is 0.349. The first-order valence-electron chi connectivity index (χ1n) is 4.88. The van der Waals surface area contributed by atoms with Crippen LogP contribution in [0.4, 0.5) is 0 Å². The molecule has 2 aromatic rings. The molecule has 1 unspecified atom stereocenters. The van der Waals surface area contributed by atoms with Gasteiger partial charge < -0.3 is 8.98 Å². The minimum absolute atomic E-state index is 0.349. The zero-order valence-electron chi connectivity index (χ0n) is 8.82. The summed E-state index contributed by atoms with van der Waals surface area (Å²) < 4.78 is 7.70. The summed E-state index contributed by atoms with van der Waals surface area (Å²) in [6.45, 7) is 6.18. The van der Waals surface area contributed by atoms with Crippen molar-refractivity contribution in [3.8, 4) is 0 Å². The molecule has 2 heteroatoms. The fraction of sp³-hybridized carbons (Fsp3) is 0.333. The molecule has 0 fully saturated rings. The third-order valence-electron chi connectivity index (χ3n) is 2.60. The van der Waals surface area contributed by atoms with Crippen molar-refractivity contribution < 1.29 is 4.42 Å². The topological polar surface area (TPSA) is 18.1 Å².